The fourth-order valence-corrected chi connectivity index (χ4v) is 2.45. The predicted octanol–water partition coefficient (Wildman–Crippen LogP) is 3.39. The molecule has 0 N–H and O–H groups in total. The van der Waals surface area contributed by atoms with Gasteiger partial charge < -0.3 is 9.26 Å². The van der Waals surface area contributed by atoms with Gasteiger partial charge in [-0.15, -0.1) is 0 Å². The maximum Gasteiger partial charge on any atom is 0.269 e. The van der Waals surface area contributed by atoms with Crippen LogP contribution in [0.2, 0.25) is 0 Å². The Morgan fingerprint density at radius 1 is 1.32 bits per heavy atom. The Kier molecular flexibility index (Phi) is 4.90. The molecule has 1 heterocycles. The second-order valence-electron chi connectivity index (χ2n) is 5.64. The molecule has 25 heavy (non-hydrogen) atoms. The summed E-state index contributed by atoms with van der Waals surface area (Å²) in [7, 11) is 1.89. The van der Waals surface area contributed by atoms with Crippen molar-refractivity contribution in [1.82, 2.24) is 10.1 Å². The van der Waals surface area contributed by atoms with Crippen molar-refractivity contribution in [2.75, 3.05) is 20.2 Å². The largest absolute Gasteiger partial charge is 0.474 e. The molecule has 0 aliphatic carbocycles. The van der Waals surface area contributed by atoms with Gasteiger partial charge in [0, 0.05) is 31.3 Å². The standard InChI is InChI=1S/C17H16FN3O4/c1-20(11-12-3-2-4-14(9-12)21(22)23)7-8-24-17-15-6-5-13(18)10-16(15)25-19-17/h2-6,9-10H,7-8,11H2,1H3. The summed E-state index contributed by atoms with van der Waals surface area (Å²) in [5.74, 6) is -0.0781. The van der Waals surface area contributed by atoms with E-state index in [1.807, 2.05) is 18.0 Å². The van der Waals surface area contributed by atoms with Crippen LogP contribution in [0.1, 0.15) is 5.56 Å². The highest BCUT2D eigenvalue weighted by Gasteiger charge is 2.11. The Morgan fingerprint density at radius 3 is 2.96 bits per heavy atom. The highest BCUT2D eigenvalue weighted by Crippen LogP contribution is 2.25. The molecule has 8 heteroatoms. The van der Waals surface area contributed by atoms with Crippen LogP contribution in [0.3, 0.4) is 0 Å². The van der Waals surface area contributed by atoms with E-state index in [2.05, 4.69) is 5.16 Å². The van der Waals surface area contributed by atoms with E-state index >= 15 is 0 Å². The molecular weight excluding hydrogens is 329 g/mol. The van der Waals surface area contributed by atoms with Crippen molar-refractivity contribution >= 4 is 16.7 Å². The second kappa shape index (κ2) is 7.27. The number of nitro benzene ring substituents is 1. The first kappa shape index (κ1) is 16.8. The summed E-state index contributed by atoms with van der Waals surface area (Å²) in [6.45, 7) is 1.48. The lowest BCUT2D eigenvalue weighted by atomic mass is 10.2. The molecule has 0 saturated heterocycles. The normalized spacial score (nSPS) is 11.2. The molecule has 0 aliphatic heterocycles. The zero-order chi connectivity index (χ0) is 17.8. The molecule has 0 spiro atoms. The number of nitro groups is 1. The summed E-state index contributed by atoms with van der Waals surface area (Å²) < 4.78 is 23.7. The first-order chi connectivity index (χ1) is 12.0. The van der Waals surface area contributed by atoms with Crippen LogP contribution in [0, 0.1) is 15.9 Å². The predicted molar refractivity (Wildman–Crippen MR) is 88.9 cm³/mol. The highest BCUT2D eigenvalue weighted by molar-refractivity contribution is 5.81. The summed E-state index contributed by atoms with van der Waals surface area (Å²) in [6, 6.07) is 10.7. The van der Waals surface area contributed by atoms with Gasteiger partial charge in [-0.25, -0.2) is 4.39 Å². The number of likely N-dealkylation sites (N-methyl/N-ethyl adjacent to an activating group) is 1. The number of rotatable bonds is 7. The summed E-state index contributed by atoms with van der Waals surface area (Å²) in [6.07, 6.45) is 0. The van der Waals surface area contributed by atoms with Gasteiger partial charge >= 0.3 is 0 Å². The van der Waals surface area contributed by atoms with Crippen molar-refractivity contribution in [3.8, 4) is 5.88 Å². The van der Waals surface area contributed by atoms with Crippen LogP contribution in [-0.4, -0.2) is 35.2 Å². The number of benzene rings is 2. The number of aromatic nitrogens is 1. The Balaban J connectivity index is 1.54. The number of hydrogen-bond donors (Lipinski definition) is 0. The van der Waals surface area contributed by atoms with Crippen LogP contribution >= 0.6 is 0 Å². The van der Waals surface area contributed by atoms with Crippen LogP contribution in [0.15, 0.2) is 47.0 Å². The first-order valence-corrected chi connectivity index (χ1v) is 7.62. The molecule has 0 saturated carbocycles. The maximum atomic E-state index is 13.1. The topological polar surface area (TPSA) is 81.6 Å². The molecule has 0 radical (unpaired) electrons. The van der Waals surface area contributed by atoms with Gasteiger partial charge in [0.15, 0.2) is 5.58 Å². The minimum Gasteiger partial charge on any atom is -0.474 e. The van der Waals surface area contributed by atoms with Crippen molar-refractivity contribution < 1.29 is 18.6 Å². The molecule has 7 nitrogen and oxygen atoms in total. The molecule has 3 aromatic rings. The lowest BCUT2D eigenvalue weighted by Crippen LogP contribution is -2.24. The molecule has 0 fully saturated rings. The van der Waals surface area contributed by atoms with E-state index in [1.165, 1.54) is 18.2 Å². The summed E-state index contributed by atoms with van der Waals surface area (Å²) in [4.78, 5) is 12.4. The van der Waals surface area contributed by atoms with Gasteiger partial charge in [-0.1, -0.05) is 12.1 Å². The summed E-state index contributed by atoms with van der Waals surface area (Å²) in [5.41, 5.74) is 1.25. The molecule has 0 amide bonds. The zero-order valence-corrected chi connectivity index (χ0v) is 13.5. The fourth-order valence-electron chi connectivity index (χ4n) is 2.45. The molecule has 1 aromatic heterocycles. The van der Waals surface area contributed by atoms with Gasteiger partial charge in [-0.3, -0.25) is 15.0 Å². The Morgan fingerprint density at radius 2 is 2.16 bits per heavy atom. The SMILES string of the molecule is CN(CCOc1noc2cc(F)ccc12)Cc1cccc([N+](=O)[O-])c1. The van der Waals surface area contributed by atoms with Crippen molar-refractivity contribution in [3.63, 3.8) is 0 Å². The molecule has 3 rings (SSSR count). The second-order valence-corrected chi connectivity index (χ2v) is 5.64. The van der Waals surface area contributed by atoms with Gasteiger partial charge in [0.25, 0.3) is 11.6 Å². The molecule has 0 aliphatic rings. The lowest BCUT2D eigenvalue weighted by Gasteiger charge is -2.16. The lowest BCUT2D eigenvalue weighted by molar-refractivity contribution is -0.384. The number of halogens is 1. The van der Waals surface area contributed by atoms with E-state index in [-0.39, 0.29) is 5.69 Å². The number of hydrogen-bond acceptors (Lipinski definition) is 6. The molecule has 0 bridgehead atoms. The van der Waals surface area contributed by atoms with Crippen LogP contribution in [0.25, 0.3) is 11.0 Å². The minimum absolute atomic E-state index is 0.0726. The number of ether oxygens (including phenoxy) is 1. The third kappa shape index (κ3) is 4.10. The molecule has 130 valence electrons. The summed E-state index contributed by atoms with van der Waals surface area (Å²) >= 11 is 0. The van der Waals surface area contributed by atoms with Crippen molar-refractivity contribution in [1.29, 1.82) is 0 Å². The zero-order valence-electron chi connectivity index (χ0n) is 13.5. The quantitative estimate of drug-likeness (QED) is 0.482. The van der Waals surface area contributed by atoms with Gasteiger partial charge in [0.05, 0.1) is 10.3 Å². The Labute approximate surface area is 142 Å². The van der Waals surface area contributed by atoms with Gasteiger partial charge in [-0.05, 0) is 29.9 Å². The number of nitrogens with zero attached hydrogens (tertiary/aromatic N) is 3. The van der Waals surface area contributed by atoms with Crippen LogP contribution in [-0.2, 0) is 6.54 Å². The van der Waals surface area contributed by atoms with Crippen molar-refractivity contribution in [3.05, 3.63) is 64.0 Å². The van der Waals surface area contributed by atoms with Crippen LogP contribution in [0.4, 0.5) is 10.1 Å². The number of fused-ring (bicyclic) bond motifs is 1. The smallest absolute Gasteiger partial charge is 0.269 e. The van der Waals surface area contributed by atoms with Crippen LogP contribution in [0.5, 0.6) is 5.88 Å². The van der Waals surface area contributed by atoms with E-state index in [4.69, 9.17) is 9.26 Å². The number of non-ortho nitro benzene ring substituents is 1. The maximum absolute atomic E-state index is 13.1. The van der Waals surface area contributed by atoms with Crippen molar-refractivity contribution in [2.24, 2.45) is 0 Å². The van der Waals surface area contributed by atoms with Crippen molar-refractivity contribution in [2.45, 2.75) is 6.54 Å². The molecule has 0 atom stereocenters. The third-order valence-corrected chi connectivity index (χ3v) is 3.69. The van der Waals surface area contributed by atoms with E-state index in [1.54, 1.807) is 18.2 Å². The highest BCUT2D eigenvalue weighted by atomic mass is 19.1. The first-order valence-electron chi connectivity index (χ1n) is 7.62. The van der Waals surface area contributed by atoms with Crippen LogP contribution < -0.4 is 4.74 Å². The van der Waals surface area contributed by atoms with Gasteiger partial charge in [-0.2, -0.15) is 0 Å². The van der Waals surface area contributed by atoms with E-state index in [0.29, 0.717) is 36.5 Å². The Hall–Kier alpha value is -3.00. The Bertz CT molecular complexity index is 896. The molecule has 0 unspecified atom stereocenters. The molecule has 2 aromatic carbocycles. The van der Waals surface area contributed by atoms with Gasteiger partial charge in [0.1, 0.15) is 12.4 Å². The monoisotopic (exact) mass is 345 g/mol. The summed E-state index contributed by atoms with van der Waals surface area (Å²) in [5, 5.41) is 15.2. The minimum atomic E-state index is -0.412. The van der Waals surface area contributed by atoms with E-state index in [9.17, 15) is 14.5 Å². The van der Waals surface area contributed by atoms with E-state index in [0.717, 1.165) is 5.56 Å². The van der Waals surface area contributed by atoms with Gasteiger partial charge in [0.2, 0.25) is 0 Å². The average molecular weight is 345 g/mol. The third-order valence-electron chi connectivity index (χ3n) is 3.69. The fraction of sp³-hybridized carbons (Fsp3) is 0.235. The average Bonchev–Trinajstić information content (AvgIpc) is 2.97. The molecular formula is C17H16FN3O4. The van der Waals surface area contributed by atoms with E-state index < -0.39 is 10.7 Å².